The molecule has 0 aliphatic carbocycles. The van der Waals surface area contributed by atoms with Crippen molar-refractivity contribution in [3.63, 3.8) is 0 Å². The summed E-state index contributed by atoms with van der Waals surface area (Å²) in [6.07, 6.45) is 0. The number of amides is 1. The molecular weight excluding hydrogens is 330 g/mol. The Kier molecular flexibility index (Phi) is 7.16. The molecule has 0 spiro atoms. The zero-order valence-corrected chi connectivity index (χ0v) is 15.3. The van der Waals surface area contributed by atoms with Crippen LogP contribution in [0.4, 0.5) is 0 Å². The molecule has 0 bridgehead atoms. The summed E-state index contributed by atoms with van der Waals surface area (Å²) < 4.78 is 0. The Balaban J connectivity index is 1.82. The number of hydrogen-bond acceptors (Lipinski definition) is 3. The van der Waals surface area contributed by atoms with Crippen molar-refractivity contribution in [3.05, 3.63) is 83.1 Å². The maximum absolute atomic E-state index is 12.3. The minimum atomic E-state index is -0.205. The first-order valence-corrected chi connectivity index (χ1v) is 8.55. The van der Waals surface area contributed by atoms with Gasteiger partial charge >= 0.3 is 0 Å². The van der Waals surface area contributed by atoms with Crippen molar-refractivity contribution in [2.24, 2.45) is 0 Å². The molecule has 0 unspecified atom stereocenters. The normalized spacial score (nSPS) is 11.3. The molecule has 25 heavy (non-hydrogen) atoms. The van der Waals surface area contributed by atoms with Crippen molar-refractivity contribution in [2.45, 2.75) is 26.9 Å². The van der Waals surface area contributed by atoms with E-state index in [-0.39, 0.29) is 5.91 Å². The van der Waals surface area contributed by atoms with E-state index >= 15 is 0 Å². The third-order valence-corrected chi connectivity index (χ3v) is 4.07. The Hall–Kier alpha value is -2.66. The van der Waals surface area contributed by atoms with Crippen LogP contribution in [-0.2, 0) is 17.9 Å². The first kappa shape index (κ1) is 18.7. The zero-order chi connectivity index (χ0) is 18.1. The number of allylic oxidation sites excluding steroid dienone is 1. The summed E-state index contributed by atoms with van der Waals surface area (Å²) in [5.41, 5.74) is 3.70. The first-order valence-electron chi connectivity index (χ1n) is 8.14. The third kappa shape index (κ3) is 6.39. The zero-order valence-electron chi connectivity index (χ0n) is 14.5. The monoisotopic (exact) mass is 353 g/mol. The molecule has 0 heterocycles. The average molecular weight is 353 g/mol. The Bertz CT molecular complexity index is 742. The summed E-state index contributed by atoms with van der Waals surface area (Å²) in [6.45, 7) is 4.92. The van der Waals surface area contributed by atoms with Crippen molar-refractivity contribution in [2.75, 3.05) is 0 Å². The molecule has 0 fully saturated rings. The minimum Gasteiger partial charge on any atom is -0.384 e. The summed E-state index contributed by atoms with van der Waals surface area (Å²) >= 11 is 5.19. The maximum Gasteiger partial charge on any atom is 0.254 e. The molecule has 0 aliphatic rings. The van der Waals surface area contributed by atoms with Gasteiger partial charge in [-0.1, -0.05) is 60.7 Å². The Morgan fingerprint density at radius 1 is 0.840 bits per heavy atom. The standard InChI is InChI=1S/C20H23N3OS/c1-15(16(2)21-13-17-9-5-3-6-10-17)19(24)23-20(25)22-14-18-11-7-4-8-12-18/h3-12,21H,13-14H2,1-2H3,(H2,22,23,24,25)/b16-15-. The van der Waals surface area contributed by atoms with Gasteiger partial charge in [-0.15, -0.1) is 0 Å². The number of hydrogen-bond donors (Lipinski definition) is 3. The average Bonchev–Trinajstić information content (AvgIpc) is 2.65. The number of benzene rings is 2. The van der Waals surface area contributed by atoms with Crippen molar-refractivity contribution >= 4 is 23.2 Å². The van der Waals surface area contributed by atoms with E-state index in [1.54, 1.807) is 6.92 Å². The lowest BCUT2D eigenvalue weighted by Crippen LogP contribution is -2.39. The summed E-state index contributed by atoms with van der Waals surface area (Å²) in [6, 6.07) is 19.9. The van der Waals surface area contributed by atoms with E-state index < -0.39 is 0 Å². The van der Waals surface area contributed by atoms with Crippen molar-refractivity contribution in [1.82, 2.24) is 16.0 Å². The third-order valence-electron chi connectivity index (χ3n) is 3.83. The van der Waals surface area contributed by atoms with Gasteiger partial charge in [-0.3, -0.25) is 10.1 Å². The molecule has 0 saturated heterocycles. The van der Waals surface area contributed by atoms with Crippen molar-refractivity contribution < 1.29 is 4.79 Å². The second-order valence-electron chi connectivity index (χ2n) is 5.71. The molecule has 0 radical (unpaired) electrons. The number of carbonyl (C=O) groups is 1. The number of nitrogens with one attached hydrogen (secondary N) is 3. The van der Waals surface area contributed by atoms with Gasteiger partial charge in [0.2, 0.25) is 0 Å². The van der Waals surface area contributed by atoms with Crippen LogP contribution in [0.15, 0.2) is 71.9 Å². The molecule has 0 atom stereocenters. The Labute approximate surface area is 154 Å². The molecular formula is C20H23N3OS. The number of rotatable bonds is 6. The van der Waals surface area contributed by atoms with E-state index in [2.05, 4.69) is 16.0 Å². The van der Waals surface area contributed by atoms with E-state index in [0.29, 0.717) is 23.8 Å². The molecule has 0 aromatic heterocycles. The van der Waals surface area contributed by atoms with Crippen LogP contribution in [0.5, 0.6) is 0 Å². The van der Waals surface area contributed by atoms with Gasteiger partial charge < -0.3 is 10.6 Å². The number of thiocarbonyl (C=S) groups is 1. The highest BCUT2D eigenvalue weighted by Gasteiger charge is 2.09. The highest BCUT2D eigenvalue weighted by atomic mass is 32.1. The largest absolute Gasteiger partial charge is 0.384 e. The van der Waals surface area contributed by atoms with E-state index in [9.17, 15) is 4.79 Å². The quantitative estimate of drug-likeness (QED) is 0.551. The van der Waals surface area contributed by atoms with Crippen LogP contribution in [0.25, 0.3) is 0 Å². The first-order chi connectivity index (χ1) is 12.1. The smallest absolute Gasteiger partial charge is 0.254 e. The fourth-order valence-electron chi connectivity index (χ4n) is 2.15. The second-order valence-corrected chi connectivity index (χ2v) is 6.12. The molecule has 4 nitrogen and oxygen atoms in total. The van der Waals surface area contributed by atoms with Gasteiger partial charge in [-0.05, 0) is 37.2 Å². The minimum absolute atomic E-state index is 0.205. The highest BCUT2D eigenvalue weighted by molar-refractivity contribution is 7.80. The summed E-state index contributed by atoms with van der Waals surface area (Å²) in [5, 5.41) is 9.34. The topological polar surface area (TPSA) is 53.2 Å². The van der Waals surface area contributed by atoms with Crippen LogP contribution < -0.4 is 16.0 Å². The summed E-state index contributed by atoms with van der Waals surface area (Å²) in [4.78, 5) is 12.3. The Morgan fingerprint density at radius 3 is 1.84 bits per heavy atom. The summed E-state index contributed by atoms with van der Waals surface area (Å²) in [7, 11) is 0. The van der Waals surface area contributed by atoms with Crippen LogP contribution in [0.1, 0.15) is 25.0 Å². The molecule has 2 aromatic rings. The Morgan fingerprint density at radius 2 is 1.32 bits per heavy atom. The van der Waals surface area contributed by atoms with Crippen molar-refractivity contribution in [1.29, 1.82) is 0 Å². The lowest BCUT2D eigenvalue weighted by molar-refractivity contribution is -0.116. The summed E-state index contributed by atoms with van der Waals surface area (Å²) in [5.74, 6) is -0.205. The molecule has 5 heteroatoms. The lowest BCUT2D eigenvalue weighted by Gasteiger charge is -2.13. The van der Waals surface area contributed by atoms with Gasteiger partial charge in [0.1, 0.15) is 0 Å². The molecule has 2 rings (SSSR count). The van der Waals surface area contributed by atoms with Gasteiger partial charge in [0.15, 0.2) is 5.11 Å². The van der Waals surface area contributed by atoms with Crippen LogP contribution in [0.2, 0.25) is 0 Å². The molecule has 1 amide bonds. The van der Waals surface area contributed by atoms with E-state index in [1.807, 2.05) is 67.6 Å². The molecule has 0 aliphatic heterocycles. The van der Waals surface area contributed by atoms with Crippen LogP contribution in [-0.4, -0.2) is 11.0 Å². The van der Waals surface area contributed by atoms with Crippen LogP contribution in [0, 0.1) is 0 Å². The highest BCUT2D eigenvalue weighted by Crippen LogP contribution is 2.04. The molecule has 3 N–H and O–H groups in total. The van der Waals surface area contributed by atoms with Crippen molar-refractivity contribution in [3.8, 4) is 0 Å². The second kappa shape index (κ2) is 9.59. The molecule has 0 saturated carbocycles. The fraction of sp³-hybridized carbons (Fsp3) is 0.200. The predicted molar refractivity (Wildman–Crippen MR) is 106 cm³/mol. The fourth-order valence-corrected chi connectivity index (χ4v) is 2.32. The van der Waals surface area contributed by atoms with Gasteiger partial charge in [0.05, 0.1) is 0 Å². The van der Waals surface area contributed by atoms with Gasteiger partial charge in [0.25, 0.3) is 5.91 Å². The van der Waals surface area contributed by atoms with E-state index in [1.165, 1.54) is 0 Å². The van der Waals surface area contributed by atoms with Gasteiger partial charge in [0, 0.05) is 24.4 Å². The molecule has 2 aromatic carbocycles. The van der Waals surface area contributed by atoms with Crippen LogP contribution >= 0.6 is 12.2 Å². The van der Waals surface area contributed by atoms with Gasteiger partial charge in [-0.25, -0.2) is 0 Å². The SMILES string of the molecule is C/C(NCc1ccccc1)=C(\C)C(=O)NC(=S)NCc1ccccc1. The van der Waals surface area contributed by atoms with Gasteiger partial charge in [-0.2, -0.15) is 0 Å². The lowest BCUT2D eigenvalue weighted by atomic mass is 10.2. The maximum atomic E-state index is 12.3. The predicted octanol–water partition coefficient (Wildman–Crippen LogP) is 3.26. The molecule has 130 valence electrons. The van der Waals surface area contributed by atoms with E-state index in [0.717, 1.165) is 16.8 Å². The van der Waals surface area contributed by atoms with Crippen LogP contribution in [0.3, 0.4) is 0 Å². The van der Waals surface area contributed by atoms with E-state index in [4.69, 9.17) is 12.2 Å². The number of carbonyl (C=O) groups excluding carboxylic acids is 1.